The molecule has 0 aliphatic heterocycles. The number of halogens is 4. The Bertz CT molecular complexity index is 876. The fraction of sp³-hybridized carbons (Fsp3) is 0.312. The van der Waals surface area contributed by atoms with Gasteiger partial charge >= 0.3 is 6.18 Å². The van der Waals surface area contributed by atoms with Crippen molar-refractivity contribution >= 4 is 34.2 Å². The number of carbonyl (C=O) groups is 1. The van der Waals surface area contributed by atoms with E-state index < -0.39 is 29.8 Å². The highest BCUT2D eigenvalue weighted by Gasteiger charge is 2.37. The second kappa shape index (κ2) is 6.77. The number of benzene rings is 1. The molecule has 3 rings (SSSR count). The van der Waals surface area contributed by atoms with Crippen molar-refractivity contribution in [2.75, 3.05) is 5.32 Å². The van der Waals surface area contributed by atoms with Crippen molar-refractivity contribution in [1.82, 2.24) is 9.78 Å². The van der Waals surface area contributed by atoms with E-state index in [1.54, 1.807) is 18.2 Å². The zero-order valence-corrected chi connectivity index (χ0v) is 15.0. The number of nitrogens with one attached hydrogen (secondary N) is 1. The molecule has 0 unspecified atom stereocenters. The minimum Gasteiger partial charge on any atom is -0.324 e. The highest BCUT2D eigenvalue weighted by atomic mass is 127. The average molecular weight is 463 g/mol. The molecule has 5 nitrogen and oxygen atoms in total. The third-order valence-corrected chi connectivity index (χ3v) is 4.37. The summed E-state index contributed by atoms with van der Waals surface area (Å²) in [5.41, 5.74) is -1.89. The number of rotatable bonds is 4. The van der Waals surface area contributed by atoms with E-state index in [0.717, 1.165) is 22.5 Å². The molecule has 0 spiro atoms. The zero-order chi connectivity index (χ0) is 18.2. The van der Waals surface area contributed by atoms with Gasteiger partial charge in [-0.25, -0.2) is 4.68 Å². The summed E-state index contributed by atoms with van der Waals surface area (Å²) in [6.45, 7) is -0.575. The first-order chi connectivity index (χ1) is 11.7. The first-order valence-electron chi connectivity index (χ1n) is 7.49. The number of anilines is 1. The highest BCUT2D eigenvalue weighted by molar-refractivity contribution is 14.1. The van der Waals surface area contributed by atoms with Crippen molar-refractivity contribution in [2.45, 2.75) is 31.5 Å². The molecule has 132 valence electrons. The molecule has 0 radical (unpaired) electrons. The zero-order valence-electron chi connectivity index (χ0n) is 12.8. The Morgan fingerprint density at radius 2 is 2.04 bits per heavy atom. The summed E-state index contributed by atoms with van der Waals surface area (Å²) in [4.78, 5) is 24.2. The molecule has 1 saturated carbocycles. The van der Waals surface area contributed by atoms with E-state index in [1.807, 2.05) is 6.07 Å². The van der Waals surface area contributed by atoms with E-state index in [1.165, 1.54) is 0 Å². The maximum atomic E-state index is 13.1. The summed E-state index contributed by atoms with van der Waals surface area (Å²) in [5.74, 6) is -0.690. The molecule has 2 aromatic rings. The minimum absolute atomic E-state index is 0.0771. The van der Waals surface area contributed by atoms with Gasteiger partial charge < -0.3 is 5.32 Å². The molecule has 25 heavy (non-hydrogen) atoms. The fourth-order valence-electron chi connectivity index (χ4n) is 2.35. The topological polar surface area (TPSA) is 64.0 Å². The number of nitrogens with zero attached hydrogens (tertiary/aromatic N) is 2. The van der Waals surface area contributed by atoms with Crippen LogP contribution in [0.4, 0.5) is 18.9 Å². The molecular weight excluding hydrogens is 450 g/mol. The van der Waals surface area contributed by atoms with E-state index in [9.17, 15) is 22.8 Å². The lowest BCUT2D eigenvalue weighted by Gasteiger charge is -2.12. The summed E-state index contributed by atoms with van der Waals surface area (Å²) in [5, 5.41) is 6.51. The monoisotopic (exact) mass is 463 g/mol. The Balaban J connectivity index is 1.87. The second-order valence-corrected chi connectivity index (χ2v) is 7.02. The van der Waals surface area contributed by atoms with Gasteiger partial charge in [-0.1, -0.05) is 6.07 Å². The predicted molar refractivity (Wildman–Crippen MR) is 93.3 cm³/mol. The Morgan fingerprint density at radius 3 is 2.64 bits per heavy atom. The summed E-state index contributed by atoms with van der Waals surface area (Å²) in [7, 11) is 0. The van der Waals surface area contributed by atoms with Gasteiger partial charge in [0.1, 0.15) is 12.1 Å². The van der Waals surface area contributed by atoms with Crippen LogP contribution in [0.25, 0.3) is 0 Å². The van der Waals surface area contributed by atoms with E-state index in [-0.39, 0.29) is 11.6 Å². The van der Waals surface area contributed by atoms with Crippen LogP contribution in [0, 0.1) is 3.57 Å². The van der Waals surface area contributed by atoms with Crippen LogP contribution in [0.5, 0.6) is 0 Å². The lowest BCUT2D eigenvalue weighted by atomic mass is 10.2. The van der Waals surface area contributed by atoms with E-state index in [4.69, 9.17) is 0 Å². The second-order valence-electron chi connectivity index (χ2n) is 5.78. The summed E-state index contributed by atoms with van der Waals surface area (Å²) in [6.07, 6.45) is -3.31. The first-order valence-corrected chi connectivity index (χ1v) is 8.56. The van der Waals surface area contributed by atoms with Gasteiger partial charge in [0, 0.05) is 15.2 Å². The van der Waals surface area contributed by atoms with E-state index >= 15 is 0 Å². The van der Waals surface area contributed by atoms with Gasteiger partial charge in [-0.3, -0.25) is 9.59 Å². The maximum Gasteiger partial charge on any atom is 0.421 e. The van der Waals surface area contributed by atoms with Gasteiger partial charge in [0.2, 0.25) is 5.91 Å². The number of alkyl halides is 3. The molecule has 1 aliphatic rings. The number of hydrogen-bond donors (Lipinski definition) is 1. The van der Waals surface area contributed by atoms with Crippen molar-refractivity contribution in [1.29, 1.82) is 0 Å². The highest BCUT2D eigenvalue weighted by Crippen LogP contribution is 2.40. The Hall–Kier alpha value is -1.91. The number of aromatic nitrogens is 2. The normalized spacial score (nSPS) is 14.4. The van der Waals surface area contributed by atoms with Crippen LogP contribution >= 0.6 is 22.6 Å². The van der Waals surface area contributed by atoms with Crippen molar-refractivity contribution in [3.8, 4) is 0 Å². The van der Waals surface area contributed by atoms with Crippen LogP contribution in [-0.4, -0.2) is 15.7 Å². The van der Waals surface area contributed by atoms with Crippen LogP contribution in [0.1, 0.15) is 30.0 Å². The third-order valence-electron chi connectivity index (χ3n) is 3.70. The summed E-state index contributed by atoms with van der Waals surface area (Å²) >= 11 is 2.07. The van der Waals surface area contributed by atoms with Gasteiger partial charge in [-0.05, 0) is 59.7 Å². The van der Waals surface area contributed by atoms with Crippen LogP contribution in [0.15, 0.2) is 35.1 Å². The molecule has 1 N–H and O–H groups in total. The Kier molecular flexibility index (Phi) is 4.85. The van der Waals surface area contributed by atoms with Gasteiger partial charge in [0.05, 0.1) is 5.69 Å². The predicted octanol–water partition coefficient (Wildman–Crippen LogP) is 3.38. The van der Waals surface area contributed by atoms with Gasteiger partial charge in [-0.2, -0.15) is 18.3 Å². The SMILES string of the molecule is O=C(Cn1nc(C2CC2)cc(C(F)(F)F)c1=O)Nc1cccc(I)c1. The standard InChI is InChI=1S/C16H13F3IN3O2/c17-16(18,19)12-7-13(9-4-5-9)22-23(15(12)25)8-14(24)21-11-3-1-2-10(20)6-11/h1-3,6-7,9H,4-5,8H2,(H,21,24). The molecule has 1 aromatic carbocycles. The third kappa shape index (κ3) is 4.39. The Morgan fingerprint density at radius 1 is 1.32 bits per heavy atom. The first kappa shape index (κ1) is 17.9. The molecule has 1 fully saturated rings. The number of amides is 1. The van der Waals surface area contributed by atoms with Crippen molar-refractivity contribution in [3.05, 3.63) is 55.5 Å². The van der Waals surface area contributed by atoms with Gasteiger partial charge in [0.15, 0.2) is 0 Å². The number of hydrogen-bond acceptors (Lipinski definition) is 3. The minimum atomic E-state index is -4.78. The van der Waals surface area contributed by atoms with Gasteiger partial charge in [-0.15, -0.1) is 0 Å². The average Bonchev–Trinajstić information content (AvgIpc) is 3.32. The molecule has 0 bridgehead atoms. The lowest BCUT2D eigenvalue weighted by molar-refractivity contribution is -0.139. The maximum absolute atomic E-state index is 13.1. The molecule has 0 atom stereocenters. The molecule has 1 amide bonds. The van der Waals surface area contributed by atoms with Crippen LogP contribution in [0.3, 0.4) is 0 Å². The van der Waals surface area contributed by atoms with E-state index in [0.29, 0.717) is 10.4 Å². The van der Waals surface area contributed by atoms with Crippen molar-refractivity contribution in [2.24, 2.45) is 0 Å². The largest absolute Gasteiger partial charge is 0.421 e. The van der Waals surface area contributed by atoms with Gasteiger partial charge in [0.25, 0.3) is 5.56 Å². The molecule has 9 heteroatoms. The Labute approximate surface area is 154 Å². The summed E-state index contributed by atoms with van der Waals surface area (Å²) < 4.78 is 40.7. The van der Waals surface area contributed by atoms with E-state index in [2.05, 4.69) is 33.0 Å². The smallest absolute Gasteiger partial charge is 0.324 e. The fourth-order valence-corrected chi connectivity index (χ4v) is 2.90. The quantitative estimate of drug-likeness (QED) is 0.708. The molecular formula is C16H13F3IN3O2. The summed E-state index contributed by atoms with van der Waals surface area (Å²) in [6, 6.07) is 7.72. The molecule has 1 aromatic heterocycles. The molecule has 1 heterocycles. The molecule has 1 aliphatic carbocycles. The van der Waals surface area contributed by atoms with Crippen molar-refractivity contribution < 1.29 is 18.0 Å². The molecule has 0 saturated heterocycles. The van der Waals surface area contributed by atoms with Crippen LogP contribution in [-0.2, 0) is 17.5 Å². The van der Waals surface area contributed by atoms with Crippen molar-refractivity contribution in [3.63, 3.8) is 0 Å². The van der Waals surface area contributed by atoms with Crippen LogP contribution < -0.4 is 10.9 Å². The van der Waals surface area contributed by atoms with Crippen LogP contribution in [0.2, 0.25) is 0 Å². The number of carbonyl (C=O) groups excluding carboxylic acids is 1. The lowest BCUT2D eigenvalue weighted by Crippen LogP contribution is -2.35.